The molecule has 3 N–H and O–H groups in total. The lowest BCUT2D eigenvalue weighted by Crippen LogP contribution is -2.37. The molecule has 2 rings (SSSR count). The zero-order valence-corrected chi connectivity index (χ0v) is 25.1. The molecule has 228 valence electrons. The van der Waals surface area contributed by atoms with E-state index >= 15 is 0 Å². The highest BCUT2D eigenvalue weighted by Gasteiger charge is 2.05. The zero-order chi connectivity index (χ0) is 29.4. The number of carbonyl (C=O) groups excluding carboxylic acids is 2. The van der Waals surface area contributed by atoms with Gasteiger partial charge in [-0.25, -0.2) is 0 Å². The fourth-order valence-corrected chi connectivity index (χ4v) is 4.59. The van der Waals surface area contributed by atoms with Crippen molar-refractivity contribution in [3.05, 3.63) is 48.5 Å². The summed E-state index contributed by atoms with van der Waals surface area (Å²) < 4.78 is 11.3. The van der Waals surface area contributed by atoms with Crippen LogP contribution < -0.4 is 20.1 Å². The Labute approximate surface area is 247 Å². The Bertz CT molecular complexity index is 947. The van der Waals surface area contributed by atoms with Crippen molar-refractivity contribution in [1.82, 2.24) is 10.6 Å². The Morgan fingerprint density at radius 2 is 1.00 bits per heavy atom. The molecular weight excluding hydrogens is 516 g/mol. The van der Waals surface area contributed by atoms with E-state index in [0.717, 1.165) is 12.8 Å². The summed E-state index contributed by atoms with van der Waals surface area (Å²) in [5, 5.41) is 14.8. The molecule has 0 aromatic heterocycles. The number of carbonyl (C=O) groups is 2. The highest BCUT2D eigenvalue weighted by molar-refractivity contribution is 5.78. The van der Waals surface area contributed by atoms with Gasteiger partial charge in [0.1, 0.15) is 23.0 Å². The van der Waals surface area contributed by atoms with Crippen LogP contribution in [0.15, 0.2) is 48.5 Å². The van der Waals surface area contributed by atoms with Crippen molar-refractivity contribution in [3.8, 4) is 23.0 Å². The third-order valence-electron chi connectivity index (χ3n) is 7.07. The van der Waals surface area contributed by atoms with Crippen LogP contribution in [0.5, 0.6) is 23.0 Å². The van der Waals surface area contributed by atoms with Crippen molar-refractivity contribution in [2.75, 3.05) is 13.3 Å². The number of ether oxygens (including phenoxy) is 2. The lowest BCUT2D eigenvalue weighted by molar-refractivity contribution is -0.123. The number of phenolic OH excluding ortho intramolecular Hbond substituents is 1. The first kappa shape index (κ1) is 34.0. The van der Waals surface area contributed by atoms with Crippen molar-refractivity contribution in [2.45, 2.75) is 116 Å². The minimum absolute atomic E-state index is 0.0224. The second kappa shape index (κ2) is 22.5. The number of hydrogen-bond acceptors (Lipinski definition) is 5. The first-order chi connectivity index (χ1) is 20.1. The molecule has 0 aliphatic carbocycles. The first-order valence-electron chi connectivity index (χ1n) is 15.8. The quantitative estimate of drug-likeness (QED) is 0.0872. The summed E-state index contributed by atoms with van der Waals surface area (Å²) in [6.45, 7) is 2.64. The minimum atomic E-state index is -0.176. The van der Waals surface area contributed by atoms with Crippen LogP contribution in [-0.2, 0) is 9.59 Å². The van der Waals surface area contributed by atoms with E-state index in [0.29, 0.717) is 23.7 Å². The number of hydrogen-bond donors (Lipinski definition) is 3. The van der Waals surface area contributed by atoms with E-state index in [1.165, 1.54) is 83.5 Å². The number of unbranched alkanes of at least 4 members (excludes halogenated alkanes) is 14. The standard InChI is InChI=1S/C34H52N2O5/c1-2-3-4-5-6-7-8-9-10-11-12-13-14-15-16-17-33(38)35-28-36-34(39)26-27-40-30-22-24-32(25-23-30)41-31-20-18-29(37)19-21-31/h18-25,37H,2-17,26-28H2,1H3,(H,35,38)(H,36,39). The summed E-state index contributed by atoms with van der Waals surface area (Å²) in [5.41, 5.74) is 0. The molecule has 0 aliphatic rings. The zero-order valence-electron chi connectivity index (χ0n) is 25.1. The summed E-state index contributed by atoms with van der Waals surface area (Å²) in [7, 11) is 0. The van der Waals surface area contributed by atoms with Crippen LogP contribution in [0.3, 0.4) is 0 Å². The first-order valence-corrected chi connectivity index (χ1v) is 15.8. The summed E-state index contributed by atoms with van der Waals surface area (Å²) in [5.74, 6) is 1.88. The molecular formula is C34H52N2O5. The Balaban J connectivity index is 1.37. The maximum atomic E-state index is 12.0. The second-order valence-corrected chi connectivity index (χ2v) is 10.7. The van der Waals surface area contributed by atoms with E-state index in [1.807, 2.05) is 0 Å². The topological polar surface area (TPSA) is 96.9 Å². The van der Waals surface area contributed by atoms with E-state index in [9.17, 15) is 14.7 Å². The molecule has 0 aliphatic heterocycles. The van der Waals surface area contributed by atoms with Gasteiger partial charge in [0.2, 0.25) is 11.8 Å². The van der Waals surface area contributed by atoms with Gasteiger partial charge in [-0.2, -0.15) is 0 Å². The molecule has 2 aromatic rings. The van der Waals surface area contributed by atoms with Crippen molar-refractivity contribution >= 4 is 11.8 Å². The molecule has 2 aromatic carbocycles. The fourth-order valence-electron chi connectivity index (χ4n) is 4.59. The van der Waals surface area contributed by atoms with Crippen LogP contribution in [0.1, 0.15) is 116 Å². The summed E-state index contributed by atoms with van der Waals surface area (Å²) in [4.78, 5) is 24.0. The largest absolute Gasteiger partial charge is 0.508 e. The van der Waals surface area contributed by atoms with Crippen molar-refractivity contribution < 1.29 is 24.2 Å². The molecule has 41 heavy (non-hydrogen) atoms. The van der Waals surface area contributed by atoms with Crippen LogP contribution in [0.4, 0.5) is 0 Å². The molecule has 0 bridgehead atoms. The predicted molar refractivity (Wildman–Crippen MR) is 165 cm³/mol. The Morgan fingerprint density at radius 1 is 0.585 bits per heavy atom. The third-order valence-corrected chi connectivity index (χ3v) is 7.07. The third kappa shape index (κ3) is 18.0. The van der Waals surface area contributed by atoms with Gasteiger partial charge in [-0.15, -0.1) is 0 Å². The van der Waals surface area contributed by atoms with E-state index in [-0.39, 0.29) is 37.3 Å². The highest BCUT2D eigenvalue weighted by atomic mass is 16.5. The molecule has 0 atom stereocenters. The average molecular weight is 569 g/mol. The van der Waals surface area contributed by atoms with Gasteiger partial charge in [0.15, 0.2) is 0 Å². The van der Waals surface area contributed by atoms with E-state index < -0.39 is 0 Å². The molecule has 0 fully saturated rings. The van der Waals surface area contributed by atoms with Gasteiger partial charge < -0.3 is 25.2 Å². The fraction of sp³-hybridized carbons (Fsp3) is 0.588. The molecule has 7 heteroatoms. The SMILES string of the molecule is CCCCCCCCCCCCCCCCCC(=O)NCNC(=O)CCOc1ccc(Oc2ccc(O)cc2)cc1. The van der Waals surface area contributed by atoms with Gasteiger partial charge in [-0.1, -0.05) is 96.8 Å². The van der Waals surface area contributed by atoms with E-state index in [4.69, 9.17) is 9.47 Å². The van der Waals surface area contributed by atoms with Gasteiger partial charge in [0, 0.05) is 6.42 Å². The number of nitrogens with one attached hydrogen (secondary N) is 2. The van der Waals surface area contributed by atoms with E-state index in [2.05, 4.69) is 17.6 Å². The van der Waals surface area contributed by atoms with Crippen LogP contribution in [0, 0.1) is 0 Å². The van der Waals surface area contributed by atoms with Crippen LogP contribution in [0.2, 0.25) is 0 Å². The predicted octanol–water partition coefficient (Wildman–Crippen LogP) is 8.40. The summed E-state index contributed by atoms with van der Waals surface area (Å²) in [6.07, 6.45) is 20.2. The number of amides is 2. The van der Waals surface area contributed by atoms with Gasteiger partial charge in [0.25, 0.3) is 0 Å². The van der Waals surface area contributed by atoms with Gasteiger partial charge in [-0.05, 0) is 55.0 Å². The molecule has 0 radical (unpaired) electrons. The Hall–Kier alpha value is -3.22. The van der Waals surface area contributed by atoms with Gasteiger partial charge >= 0.3 is 0 Å². The van der Waals surface area contributed by atoms with Gasteiger partial charge in [0.05, 0.1) is 19.7 Å². The normalized spacial score (nSPS) is 10.8. The van der Waals surface area contributed by atoms with Gasteiger partial charge in [-0.3, -0.25) is 9.59 Å². The number of rotatable bonds is 24. The molecule has 0 spiro atoms. The smallest absolute Gasteiger partial charge is 0.224 e. The lowest BCUT2D eigenvalue weighted by Gasteiger charge is -2.10. The number of phenols is 1. The maximum absolute atomic E-state index is 12.0. The highest BCUT2D eigenvalue weighted by Crippen LogP contribution is 2.25. The average Bonchev–Trinajstić information content (AvgIpc) is 2.97. The Morgan fingerprint density at radius 3 is 1.51 bits per heavy atom. The minimum Gasteiger partial charge on any atom is -0.508 e. The van der Waals surface area contributed by atoms with Crippen LogP contribution in [0.25, 0.3) is 0 Å². The molecule has 2 amide bonds. The van der Waals surface area contributed by atoms with Crippen LogP contribution >= 0.6 is 0 Å². The van der Waals surface area contributed by atoms with Crippen molar-refractivity contribution in [2.24, 2.45) is 0 Å². The Kier molecular flexibility index (Phi) is 18.6. The molecule has 0 heterocycles. The molecule has 0 saturated heterocycles. The summed E-state index contributed by atoms with van der Waals surface area (Å²) in [6, 6.07) is 13.6. The molecule has 0 saturated carbocycles. The monoisotopic (exact) mass is 568 g/mol. The van der Waals surface area contributed by atoms with Crippen molar-refractivity contribution in [3.63, 3.8) is 0 Å². The number of benzene rings is 2. The van der Waals surface area contributed by atoms with Crippen molar-refractivity contribution in [1.29, 1.82) is 0 Å². The summed E-state index contributed by atoms with van der Waals surface area (Å²) >= 11 is 0. The van der Waals surface area contributed by atoms with Crippen LogP contribution in [-0.4, -0.2) is 30.2 Å². The number of aromatic hydroxyl groups is 1. The van der Waals surface area contributed by atoms with E-state index in [1.54, 1.807) is 48.5 Å². The lowest BCUT2D eigenvalue weighted by atomic mass is 10.0. The molecule has 7 nitrogen and oxygen atoms in total. The maximum Gasteiger partial charge on any atom is 0.224 e. The second-order valence-electron chi connectivity index (χ2n) is 10.7. The molecule has 0 unspecified atom stereocenters.